The number of nitrogens with one attached hydrogen (secondary N) is 1. The SMILES string of the molecule is CC(C)C(C(=O)O)(C(=O)O)C(C)C.CCOC(=O)CN1C(=O)[C@@H](N[C@@H](CCc2ccccc2)C(=O)OC(C)(C)C)CCc2ccccc21. The monoisotopic (exact) mass is 668 g/mol. The molecule has 11 nitrogen and oxygen atoms in total. The number of carbonyl (C=O) groups excluding carboxylic acids is 3. The highest BCUT2D eigenvalue weighted by atomic mass is 16.6. The number of amides is 1. The predicted octanol–water partition coefficient (Wildman–Crippen LogP) is 5.28. The van der Waals surface area contributed by atoms with Crippen LogP contribution in [0.25, 0.3) is 0 Å². The molecule has 48 heavy (non-hydrogen) atoms. The van der Waals surface area contributed by atoms with Crippen molar-refractivity contribution in [2.75, 3.05) is 18.1 Å². The number of hydrogen-bond acceptors (Lipinski definition) is 8. The molecule has 0 saturated heterocycles. The number of esters is 2. The molecule has 0 saturated carbocycles. The average Bonchev–Trinajstić information content (AvgIpc) is 3.11. The van der Waals surface area contributed by atoms with Crippen molar-refractivity contribution in [1.29, 1.82) is 0 Å². The summed E-state index contributed by atoms with van der Waals surface area (Å²) < 4.78 is 10.8. The van der Waals surface area contributed by atoms with Crippen molar-refractivity contribution in [3.8, 4) is 0 Å². The van der Waals surface area contributed by atoms with E-state index in [1.807, 2.05) is 75.4 Å². The van der Waals surface area contributed by atoms with E-state index >= 15 is 0 Å². The predicted molar refractivity (Wildman–Crippen MR) is 182 cm³/mol. The number of ether oxygens (including phenoxy) is 2. The Hall–Kier alpha value is -4.25. The number of benzene rings is 2. The summed E-state index contributed by atoms with van der Waals surface area (Å²) in [5.41, 5.74) is 0.468. The molecular formula is C37H52N2O9. The van der Waals surface area contributed by atoms with Gasteiger partial charge in [0.25, 0.3) is 0 Å². The van der Waals surface area contributed by atoms with Crippen molar-refractivity contribution in [2.24, 2.45) is 17.3 Å². The minimum absolute atomic E-state index is 0.178. The van der Waals surface area contributed by atoms with Gasteiger partial charge in [-0.1, -0.05) is 76.2 Å². The number of rotatable bonds is 13. The van der Waals surface area contributed by atoms with Gasteiger partial charge >= 0.3 is 23.9 Å². The summed E-state index contributed by atoms with van der Waals surface area (Å²) >= 11 is 0. The first-order chi connectivity index (χ1) is 22.4. The molecule has 1 aliphatic heterocycles. The summed E-state index contributed by atoms with van der Waals surface area (Å²) in [5, 5.41) is 21.2. The number of carboxylic acid groups (broad SMARTS) is 2. The number of nitrogens with zero attached hydrogens (tertiary/aromatic N) is 1. The van der Waals surface area contributed by atoms with Crippen LogP contribution in [-0.4, -0.2) is 70.8 Å². The number of fused-ring (bicyclic) bond motifs is 1. The minimum Gasteiger partial charge on any atom is -0.480 e. The number of aryl methyl sites for hydroxylation is 2. The molecule has 0 fully saturated rings. The van der Waals surface area contributed by atoms with Crippen molar-refractivity contribution in [3.05, 3.63) is 65.7 Å². The number of hydrogen-bond donors (Lipinski definition) is 3. The third kappa shape index (κ3) is 10.6. The molecule has 0 bridgehead atoms. The highest BCUT2D eigenvalue weighted by Gasteiger charge is 2.52. The van der Waals surface area contributed by atoms with E-state index in [-0.39, 0.29) is 25.0 Å². The number of aliphatic carboxylic acids is 2. The molecule has 3 rings (SSSR count). The van der Waals surface area contributed by atoms with E-state index in [1.54, 1.807) is 34.6 Å². The molecule has 0 aliphatic carbocycles. The lowest BCUT2D eigenvalue weighted by Crippen LogP contribution is -2.53. The summed E-state index contributed by atoms with van der Waals surface area (Å²) in [5.74, 6) is -4.49. The van der Waals surface area contributed by atoms with Crippen molar-refractivity contribution >= 4 is 35.5 Å². The number of carbonyl (C=O) groups is 5. The highest BCUT2D eigenvalue weighted by Crippen LogP contribution is 2.36. The summed E-state index contributed by atoms with van der Waals surface area (Å²) in [4.78, 5) is 62.5. The normalized spacial score (nSPS) is 15.5. The molecule has 2 aromatic carbocycles. The standard InChI is InChI=1S/C28H36N2O5.C9H16O4/c1-5-34-25(31)19-30-24-14-10-9-13-21(24)16-18-22(26(30)32)29-23(27(33)35-28(2,3)4)17-15-20-11-7-6-8-12-20;1-5(2)9(6(3)4,7(10)11)8(12)13/h6-14,22-23,29H,5,15-19H2,1-4H3;5-6H,1-4H3,(H,10,11)(H,12,13)/t22-,23-;/m0./s1. The van der Waals surface area contributed by atoms with E-state index in [0.717, 1.165) is 11.1 Å². The van der Waals surface area contributed by atoms with Gasteiger partial charge in [0.1, 0.15) is 18.2 Å². The van der Waals surface area contributed by atoms with Gasteiger partial charge in [-0.05, 0) is 82.4 Å². The van der Waals surface area contributed by atoms with Crippen LogP contribution in [0.1, 0.15) is 79.4 Å². The van der Waals surface area contributed by atoms with Gasteiger partial charge in [-0.15, -0.1) is 0 Å². The molecule has 3 N–H and O–H groups in total. The molecule has 11 heteroatoms. The van der Waals surface area contributed by atoms with Gasteiger partial charge in [0.2, 0.25) is 5.91 Å². The van der Waals surface area contributed by atoms with Gasteiger partial charge in [0.15, 0.2) is 5.41 Å². The van der Waals surface area contributed by atoms with Gasteiger partial charge in [0, 0.05) is 5.69 Å². The van der Waals surface area contributed by atoms with E-state index < -0.39 is 52.8 Å². The second-order valence-electron chi connectivity index (χ2n) is 13.5. The summed E-state index contributed by atoms with van der Waals surface area (Å²) in [6.07, 6.45) is 2.28. The minimum atomic E-state index is -1.67. The first-order valence-electron chi connectivity index (χ1n) is 16.5. The fraction of sp³-hybridized carbons (Fsp3) is 0.541. The maximum absolute atomic E-state index is 13.7. The topological polar surface area (TPSA) is 160 Å². The quantitative estimate of drug-likeness (QED) is 0.189. The van der Waals surface area contributed by atoms with E-state index in [2.05, 4.69) is 5.32 Å². The Labute approximate surface area is 284 Å². The van der Waals surface area contributed by atoms with Crippen LogP contribution in [-0.2, 0) is 46.3 Å². The Kier molecular flexibility index (Phi) is 14.8. The molecule has 0 unspecified atom stereocenters. The van der Waals surface area contributed by atoms with Crippen LogP contribution >= 0.6 is 0 Å². The summed E-state index contributed by atoms with van der Waals surface area (Å²) in [6, 6.07) is 16.2. The van der Waals surface area contributed by atoms with Crippen molar-refractivity contribution in [1.82, 2.24) is 5.32 Å². The molecule has 0 radical (unpaired) electrons. The van der Waals surface area contributed by atoms with Crippen molar-refractivity contribution in [3.63, 3.8) is 0 Å². The molecule has 264 valence electrons. The smallest absolute Gasteiger partial charge is 0.326 e. The van der Waals surface area contributed by atoms with Gasteiger partial charge < -0.3 is 19.7 Å². The van der Waals surface area contributed by atoms with Crippen LogP contribution in [0.2, 0.25) is 0 Å². The molecule has 0 aromatic heterocycles. The fourth-order valence-electron chi connectivity index (χ4n) is 5.96. The molecule has 1 heterocycles. The third-order valence-electron chi connectivity index (χ3n) is 8.33. The van der Waals surface area contributed by atoms with Crippen LogP contribution < -0.4 is 10.2 Å². The zero-order valence-corrected chi connectivity index (χ0v) is 29.4. The highest BCUT2D eigenvalue weighted by molar-refractivity contribution is 6.02. The Balaban J connectivity index is 0.000000521. The fourth-order valence-corrected chi connectivity index (χ4v) is 5.96. The largest absolute Gasteiger partial charge is 0.480 e. The van der Waals surface area contributed by atoms with E-state index in [9.17, 15) is 24.0 Å². The summed E-state index contributed by atoms with van der Waals surface area (Å²) in [7, 11) is 0. The molecule has 1 amide bonds. The van der Waals surface area contributed by atoms with Crippen molar-refractivity contribution < 1.29 is 43.7 Å². The second-order valence-corrected chi connectivity index (χ2v) is 13.5. The number of para-hydroxylation sites is 1. The molecule has 2 aromatic rings. The van der Waals surface area contributed by atoms with Gasteiger partial charge in [-0.2, -0.15) is 0 Å². The Morgan fingerprint density at radius 1 is 0.917 bits per heavy atom. The maximum atomic E-state index is 13.7. The second kappa shape index (κ2) is 17.8. The van der Waals surface area contributed by atoms with E-state index in [4.69, 9.17) is 19.7 Å². The first kappa shape index (κ1) is 39.9. The zero-order valence-electron chi connectivity index (χ0n) is 29.4. The van der Waals surface area contributed by atoms with Crippen molar-refractivity contribution in [2.45, 2.75) is 98.8 Å². The van der Waals surface area contributed by atoms with Crippen LogP contribution in [0.3, 0.4) is 0 Å². The zero-order chi connectivity index (χ0) is 36.2. The van der Waals surface area contributed by atoms with Crippen LogP contribution in [0, 0.1) is 17.3 Å². The summed E-state index contributed by atoms with van der Waals surface area (Å²) in [6.45, 7) is 13.7. The Morgan fingerprint density at radius 2 is 1.48 bits per heavy atom. The molecule has 2 atom stereocenters. The number of anilines is 1. The average molecular weight is 669 g/mol. The molecular weight excluding hydrogens is 616 g/mol. The van der Waals surface area contributed by atoms with E-state index in [1.165, 1.54) is 4.90 Å². The van der Waals surface area contributed by atoms with Gasteiger partial charge in [-0.25, -0.2) is 0 Å². The Bertz CT molecular complexity index is 1380. The van der Waals surface area contributed by atoms with Crippen LogP contribution in [0.5, 0.6) is 0 Å². The van der Waals surface area contributed by atoms with Gasteiger partial charge in [-0.3, -0.25) is 34.2 Å². The first-order valence-corrected chi connectivity index (χ1v) is 16.5. The van der Waals surface area contributed by atoms with Crippen LogP contribution in [0.4, 0.5) is 5.69 Å². The lowest BCUT2D eigenvalue weighted by atomic mass is 9.69. The number of carboxylic acids is 2. The maximum Gasteiger partial charge on any atom is 0.326 e. The molecule has 0 spiro atoms. The lowest BCUT2D eigenvalue weighted by Gasteiger charge is -2.32. The van der Waals surface area contributed by atoms with Gasteiger partial charge in [0.05, 0.1) is 12.6 Å². The molecule has 1 aliphatic rings. The lowest BCUT2D eigenvalue weighted by molar-refractivity contribution is -0.172. The van der Waals surface area contributed by atoms with Crippen LogP contribution in [0.15, 0.2) is 54.6 Å². The third-order valence-corrected chi connectivity index (χ3v) is 8.33. The Morgan fingerprint density at radius 3 is 1.98 bits per heavy atom. The van der Waals surface area contributed by atoms with E-state index in [0.29, 0.717) is 31.4 Å².